The summed E-state index contributed by atoms with van der Waals surface area (Å²) in [6, 6.07) is 28.5. The van der Waals surface area contributed by atoms with Crippen LogP contribution >= 0.6 is 0 Å². The molecule has 0 saturated carbocycles. The standard InChI is InChI=1S/C33H33N5O/c1-5-28-27-21-37(33(39)34-29-14-9-11-23(3)24(29)4)31(25-18-16-22(2)17-19-25)30-15-10-20-36(30)32(27)38(35-28)26-12-7-6-8-13-26/h6-20,31H,5,21H2,1-4H3,(H,34,39). The Morgan fingerprint density at radius 3 is 2.44 bits per heavy atom. The number of para-hydroxylation sites is 1. The monoisotopic (exact) mass is 515 g/mol. The molecule has 1 atom stereocenters. The van der Waals surface area contributed by atoms with Gasteiger partial charge >= 0.3 is 6.03 Å². The van der Waals surface area contributed by atoms with Crippen LogP contribution < -0.4 is 5.32 Å². The number of carbonyl (C=O) groups is 1. The molecule has 1 aliphatic rings. The molecule has 196 valence electrons. The lowest BCUT2D eigenvalue weighted by atomic mass is 10.0. The van der Waals surface area contributed by atoms with Gasteiger partial charge in [0.2, 0.25) is 0 Å². The number of rotatable bonds is 4. The van der Waals surface area contributed by atoms with Gasteiger partial charge in [-0.15, -0.1) is 0 Å². The second kappa shape index (κ2) is 9.95. The largest absolute Gasteiger partial charge is 0.322 e. The quantitative estimate of drug-likeness (QED) is 0.273. The summed E-state index contributed by atoms with van der Waals surface area (Å²) < 4.78 is 4.24. The Labute approximate surface area is 229 Å². The van der Waals surface area contributed by atoms with Crippen LogP contribution in [0.2, 0.25) is 0 Å². The molecule has 3 heterocycles. The molecule has 0 fully saturated rings. The molecule has 0 bridgehead atoms. The highest BCUT2D eigenvalue weighted by Gasteiger charge is 2.36. The lowest BCUT2D eigenvalue weighted by Crippen LogP contribution is -2.38. The second-order valence-corrected chi connectivity index (χ2v) is 10.3. The number of hydrogen-bond acceptors (Lipinski definition) is 2. The first-order valence-electron chi connectivity index (χ1n) is 13.5. The molecule has 2 aromatic heterocycles. The third kappa shape index (κ3) is 4.32. The van der Waals surface area contributed by atoms with Crippen LogP contribution in [0.5, 0.6) is 0 Å². The molecule has 39 heavy (non-hydrogen) atoms. The van der Waals surface area contributed by atoms with E-state index in [1.165, 1.54) is 5.56 Å². The maximum atomic E-state index is 14.2. The lowest BCUT2D eigenvalue weighted by Gasteiger charge is -2.31. The van der Waals surface area contributed by atoms with Crippen LogP contribution in [0.15, 0.2) is 91.1 Å². The van der Waals surface area contributed by atoms with E-state index in [0.717, 1.165) is 57.3 Å². The van der Waals surface area contributed by atoms with E-state index in [9.17, 15) is 4.79 Å². The van der Waals surface area contributed by atoms with Crippen LogP contribution in [-0.4, -0.2) is 25.3 Å². The van der Waals surface area contributed by atoms with Gasteiger partial charge in [0, 0.05) is 17.4 Å². The molecule has 0 spiro atoms. The molecule has 3 aromatic carbocycles. The Bertz CT molecular complexity index is 1650. The van der Waals surface area contributed by atoms with Gasteiger partial charge < -0.3 is 14.8 Å². The Hall–Kier alpha value is -4.58. The minimum Gasteiger partial charge on any atom is -0.308 e. The number of nitrogens with zero attached hydrogens (tertiary/aromatic N) is 4. The highest BCUT2D eigenvalue weighted by atomic mass is 16.2. The molecule has 6 heteroatoms. The summed E-state index contributed by atoms with van der Waals surface area (Å²) in [7, 11) is 0. The van der Waals surface area contributed by atoms with Gasteiger partial charge in [-0.25, -0.2) is 9.48 Å². The Kier molecular flexibility index (Phi) is 6.31. The van der Waals surface area contributed by atoms with E-state index in [4.69, 9.17) is 5.10 Å². The zero-order valence-corrected chi connectivity index (χ0v) is 22.8. The highest BCUT2D eigenvalue weighted by molar-refractivity contribution is 5.91. The Morgan fingerprint density at radius 1 is 0.923 bits per heavy atom. The van der Waals surface area contributed by atoms with Crippen molar-refractivity contribution in [2.24, 2.45) is 0 Å². The highest BCUT2D eigenvalue weighted by Crippen LogP contribution is 2.39. The average molecular weight is 516 g/mol. The van der Waals surface area contributed by atoms with Crippen molar-refractivity contribution < 1.29 is 4.79 Å². The molecule has 0 saturated heterocycles. The van der Waals surface area contributed by atoms with Crippen molar-refractivity contribution in [3.63, 3.8) is 0 Å². The number of amides is 2. The van der Waals surface area contributed by atoms with E-state index in [2.05, 4.69) is 91.4 Å². The Balaban J connectivity index is 1.55. The van der Waals surface area contributed by atoms with E-state index in [1.807, 2.05) is 46.8 Å². The first kappa shape index (κ1) is 24.7. The van der Waals surface area contributed by atoms with Crippen LogP contribution in [0.1, 0.15) is 52.2 Å². The van der Waals surface area contributed by atoms with E-state index < -0.39 is 0 Å². The molecule has 6 nitrogen and oxygen atoms in total. The smallest absolute Gasteiger partial charge is 0.308 e. The lowest BCUT2D eigenvalue weighted by molar-refractivity contribution is 0.194. The van der Waals surface area contributed by atoms with Crippen molar-refractivity contribution in [2.45, 2.75) is 46.7 Å². The number of nitrogens with one attached hydrogen (secondary N) is 1. The fraction of sp³-hybridized carbons (Fsp3) is 0.212. The molecule has 1 N–H and O–H groups in total. The van der Waals surface area contributed by atoms with E-state index in [-0.39, 0.29) is 12.1 Å². The SMILES string of the molecule is CCc1nn(-c2ccccc2)c2c1CN(C(=O)Nc1cccc(C)c1C)C(c1ccc(C)cc1)c1cccn1-2. The van der Waals surface area contributed by atoms with Crippen LogP contribution in [0.4, 0.5) is 10.5 Å². The van der Waals surface area contributed by atoms with Crippen LogP contribution in [0, 0.1) is 20.8 Å². The fourth-order valence-corrected chi connectivity index (χ4v) is 5.52. The van der Waals surface area contributed by atoms with Crippen molar-refractivity contribution in [2.75, 3.05) is 5.32 Å². The molecular formula is C33H33N5O. The minimum atomic E-state index is -0.285. The van der Waals surface area contributed by atoms with Gasteiger partial charge in [-0.2, -0.15) is 5.10 Å². The second-order valence-electron chi connectivity index (χ2n) is 10.3. The summed E-state index contributed by atoms with van der Waals surface area (Å²) in [5, 5.41) is 8.29. The number of hydrogen-bond donors (Lipinski definition) is 1. The van der Waals surface area contributed by atoms with Gasteiger partial charge in [-0.1, -0.05) is 67.1 Å². The summed E-state index contributed by atoms with van der Waals surface area (Å²) >= 11 is 0. The molecule has 6 rings (SSSR count). The van der Waals surface area contributed by atoms with Crippen LogP contribution in [0.25, 0.3) is 11.5 Å². The predicted octanol–water partition coefficient (Wildman–Crippen LogP) is 7.29. The van der Waals surface area contributed by atoms with E-state index in [1.54, 1.807) is 0 Å². The topological polar surface area (TPSA) is 55.1 Å². The maximum Gasteiger partial charge on any atom is 0.322 e. The average Bonchev–Trinajstić information content (AvgIpc) is 3.53. The van der Waals surface area contributed by atoms with Crippen LogP contribution in [0.3, 0.4) is 0 Å². The summed E-state index contributed by atoms with van der Waals surface area (Å²) in [4.78, 5) is 16.2. The number of carbonyl (C=O) groups excluding carboxylic acids is 1. The number of anilines is 1. The molecule has 0 aliphatic carbocycles. The Morgan fingerprint density at radius 2 is 1.69 bits per heavy atom. The summed E-state index contributed by atoms with van der Waals surface area (Å²) in [5.74, 6) is 0.984. The normalized spacial score (nSPS) is 14.5. The first-order chi connectivity index (χ1) is 19.0. The molecule has 1 unspecified atom stereocenters. The van der Waals surface area contributed by atoms with Crippen LogP contribution in [-0.2, 0) is 13.0 Å². The third-order valence-electron chi connectivity index (χ3n) is 7.80. The minimum absolute atomic E-state index is 0.135. The van der Waals surface area contributed by atoms with Gasteiger partial charge in [0.1, 0.15) is 5.82 Å². The molecule has 2 amide bonds. The number of aryl methyl sites for hydroxylation is 3. The molecule has 5 aromatic rings. The number of benzene rings is 3. The zero-order valence-electron chi connectivity index (χ0n) is 22.8. The first-order valence-corrected chi connectivity index (χ1v) is 13.5. The van der Waals surface area contributed by atoms with E-state index in [0.29, 0.717) is 6.54 Å². The van der Waals surface area contributed by atoms with Crippen molar-refractivity contribution >= 4 is 11.7 Å². The van der Waals surface area contributed by atoms with Gasteiger partial charge in [-0.05, 0) is 74.2 Å². The van der Waals surface area contributed by atoms with Crippen molar-refractivity contribution in [1.29, 1.82) is 0 Å². The number of aromatic nitrogens is 3. The summed E-state index contributed by atoms with van der Waals surface area (Å²) in [6.45, 7) is 8.76. The number of fused-ring (bicyclic) bond motifs is 3. The van der Waals surface area contributed by atoms with Gasteiger partial charge in [0.25, 0.3) is 0 Å². The molecular weight excluding hydrogens is 482 g/mol. The predicted molar refractivity (Wildman–Crippen MR) is 156 cm³/mol. The molecule has 1 aliphatic heterocycles. The van der Waals surface area contributed by atoms with E-state index >= 15 is 0 Å². The van der Waals surface area contributed by atoms with Crippen molar-refractivity contribution in [3.05, 3.63) is 130 Å². The molecule has 0 radical (unpaired) electrons. The fourth-order valence-electron chi connectivity index (χ4n) is 5.52. The zero-order chi connectivity index (χ0) is 27.1. The van der Waals surface area contributed by atoms with Gasteiger partial charge in [0.15, 0.2) is 0 Å². The van der Waals surface area contributed by atoms with Gasteiger partial charge in [0.05, 0.1) is 29.7 Å². The third-order valence-corrected chi connectivity index (χ3v) is 7.80. The maximum absolute atomic E-state index is 14.2. The van der Waals surface area contributed by atoms with Gasteiger partial charge in [-0.3, -0.25) is 0 Å². The van der Waals surface area contributed by atoms with Crippen molar-refractivity contribution in [3.8, 4) is 11.5 Å². The summed E-state index contributed by atoms with van der Waals surface area (Å²) in [6.07, 6.45) is 2.85. The van der Waals surface area contributed by atoms with Crippen molar-refractivity contribution in [1.82, 2.24) is 19.2 Å². The summed E-state index contributed by atoms with van der Waals surface area (Å²) in [5.41, 5.74) is 9.37. The number of urea groups is 1.